The van der Waals surface area contributed by atoms with Crippen LogP contribution in [0.3, 0.4) is 0 Å². The third-order valence-corrected chi connectivity index (χ3v) is 6.08. The summed E-state index contributed by atoms with van der Waals surface area (Å²) in [6.07, 6.45) is 3.31. The van der Waals surface area contributed by atoms with Gasteiger partial charge in [0.05, 0.1) is 17.7 Å². The highest BCUT2D eigenvalue weighted by Gasteiger charge is 2.46. The molecular weight excluding hydrogens is 350 g/mol. The van der Waals surface area contributed by atoms with Crippen LogP contribution in [0.2, 0.25) is 0 Å². The van der Waals surface area contributed by atoms with E-state index in [0.717, 1.165) is 37.2 Å². The molecule has 5 heteroatoms. The minimum Gasteiger partial charge on any atom is -0.380 e. The molecule has 0 aromatic heterocycles. The Labute approximate surface area is 169 Å². The van der Waals surface area contributed by atoms with E-state index in [2.05, 4.69) is 34.3 Å². The lowest BCUT2D eigenvalue weighted by Gasteiger charge is -2.53. The van der Waals surface area contributed by atoms with E-state index in [1.165, 1.54) is 12.8 Å². The average Bonchev–Trinajstić information content (AvgIpc) is 2.68. The molecule has 5 nitrogen and oxygen atoms in total. The SMILES string of the molecule is CCC1(NC(=O)NC(C)(C)C#Cc2ccc(COC)cc2)CN2CCC1CC2. The summed E-state index contributed by atoms with van der Waals surface area (Å²) in [5, 5.41) is 6.38. The fraction of sp³-hybridized carbons (Fsp3) is 0.609. The summed E-state index contributed by atoms with van der Waals surface area (Å²) in [6, 6.07) is 7.87. The zero-order chi connectivity index (χ0) is 20.2. The van der Waals surface area contributed by atoms with Crippen LogP contribution in [0.15, 0.2) is 24.3 Å². The van der Waals surface area contributed by atoms with Crippen LogP contribution in [0.5, 0.6) is 0 Å². The first-order valence-corrected chi connectivity index (χ1v) is 10.3. The third-order valence-electron chi connectivity index (χ3n) is 6.08. The van der Waals surface area contributed by atoms with Crippen molar-refractivity contribution in [3.63, 3.8) is 0 Å². The molecule has 1 aromatic rings. The Bertz CT molecular complexity index is 739. The van der Waals surface area contributed by atoms with Gasteiger partial charge in [-0.2, -0.15) is 0 Å². The van der Waals surface area contributed by atoms with Crippen molar-refractivity contribution in [3.8, 4) is 11.8 Å². The lowest BCUT2D eigenvalue weighted by Crippen LogP contribution is -2.68. The molecule has 0 radical (unpaired) electrons. The molecule has 3 aliphatic rings. The van der Waals surface area contributed by atoms with Gasteiger partial charge in [-0.25, -0.2) is 4.79 Å². The molecule has 2 N–H and O–H groups in total. The Morgan fingerprint density at radius 3 is 2.50 bits per heavy atom. The van der Waals surface area contributed by atoms with Gasteiger partial charge in [0.15, 0.2) is 0 Å². The van der Waals surface area contributed by atoms with Crippen molar-refractivity contribution in [2.45, 2.75) is 57.7 Å². The van der Waals surface area contributed by atoms with Gasteiger partial charge in [-0.05, 0) is 69.8 Å². The highest BCUT2D eigenvalue weighted by atomic mass is 16.5. The number of rotatable bonds is 5. The number of benzene rings is 1. The first-order chi connectivity index (χ1) is 13.4. The van der Waals surface area contributed by atoms with Crippen molar-refractivity contribution in [3.05, 3.63) is 35.4 Å². The minimum absolute atomic E-state index is 0.110. The van der Waals surface area contributed by atoms with Crippen LogP contribution < -0.4 is 10.6 Å². The van der Waals surface area contributed by atoms with Crippen LogP contribution in [-0.4, -0.2) is 48.8 Å². The number of methoxy groups -OCH3 is 1. The maximum atomic E-state index is 12.8. The molecule has 2 bridgehead atoms. The fourth-order valence-electron chi connectivity index (χ4n) is 4.45. The molecule has 2 amide bonds. The van der Waals surface area contributed by atoms with Crippen molar-refractivity contribution in [2.24, 2.45) is 5.92 Å². The molecule has 152 valence electrons. The first kappa shape index (κ1) is 20.7. The van der Waals surface area contributed by atoms with Crippen molar-refractivity contribution >= 4 is 6.03 Å². The minimum atomic E-state index is -0.613. The predicted molar refractivity (Wildman–Crippen MR) is 112 cm³/mol. The molecule has 1 unspecified atom stereocenters. The van der Waals surface area contributed by atoms with Crippen LogP contribution in [0.4, 0.5) is 4.79 Å². The normalized spacial score (nSPS) is 26.3. The van der Waals surface area contributed by atoms with Gasteiger partial charge < -0.3 is 20.3 Å². The van der Waals surface area contributed by atoms with Gasteiger partial charge >= 0.3 is 6.03 Å². The van der Waals surface area contributed by atoms with E-state index in [1.54, 1.807) is 7.11 Å². The zero-order valence-corrected chi connectivity index (χ0v) is 17.6. The number of carbonyl (C=O) groups excluding carboxylic acids is 1. The Morgan fingerprint density at radius 1 is 1.29 bits per heavy atom. The zero-order valence-electron chi connectivity index (χ0n) is 17.6. The standard InChI is InChI=1S/C23H33N3O2/c1-5-23(17-26-14-11-20(23)12-15-26)25-21(27)24-22(2,3)13-10-18-6-8-19(9-7-18)16-28-4/h6-9,20H,5,11-12,14-17H2,1-4H3,(H2,24,25,27). The number of nitrogens with one attached hydrogen (secondary N) is 2. The van der Waals surface area contributed by atoms with Crippen molar-refractivity contribution in [1.29, 1.82) is 0 Å². The van der Waals surface area contributed by atoms with Gasteiger partial charge in [0.2, 0.25) is 0 Å². The average molecular weight is 384 g/mol. The molecule has 1 atom stereocenters. The Balaban J connectivity index is 1.61. The third kappa shape index (κ3) is 4.87. The molecule has 3 aliphatic heterocycles. The van der Waals surface area contributed by atoms with E-state index in [0.29, 0.717) is 12.5 Å². The second-order valence-corrected chi connectivity index (χ2v) is 8.64. The van der Waals surface area contributed by atoms with Crippen molar-refractivity contribution in [2.75, 3.05) is 26.7 Å². The number of piperidine rings is 3. The van der Waals surface area contributed by atoms with Crippen LogP contribution in [0.25, 0.3) is 0 Å². The van der Waals surface area contributed by atoms with E-state index >= 15 is 0 Å². The lowest BCUT2D eigenvalue weighted by atomic mass is 9.71. The van der Waals surface area contributed by atoms with Gasteiger partial charge in [-0.1, -0.05) is 30.9 Å². The fourth-order valence-corrected chi connectivity index (χ4v) is 4.45. The van der Waals surface area contributed by atoms with Crippen LogP contribution >= 0.6 is 0 Å². The van der Waals surface area contributed by atoms with Gasteiger partial charge in [0.25, 0.3) is 0 Å². The summed E-state index contributed by atoms with van der Waals surface area (Å²) in [7, 11) is 1.69. The van der Waals surface area contributed by atoms with Crippen LogP contribution in [-0.2, 0) is 11.3 Å². The molecule has 1 aromatic carbocycles. The van der Waals surface area contributed by atoms with E-state index in [4.69, 9.17) is 4.74 Å². The molecule has 0 aliphatic carbocycles. The molecular formula is C23H33N3O2. The maximum Gasteiger partial charge on any atom is 0.316 e. The largest absolute Gasteiger partial charge is 0.380 e. The summed E-state index contributed by atoms with van der Waals surface area (Å²) < 4.78 is 5.13. The number of amides is 2. The predicted octanol–water partition coefficient (Wildman–Crippen LogP) is 3.14. The number of ether oxygens (including phenoxy) is 1. The Kier molecular flexibility index (Phi) is 6.32. The van der Waals surface area contributed by atoms with Crippen molar-refractivity contribution < 1.29 is 9.53 Å². The monoisotopic (exact) mass is 383 g/mol. The topological polar surface area (TPSA) is 53.6 Å². The Morgan fingerprint density at radius 2 is 1.96 bits per heavy atom. The van der Waals surface area contributed by atoms with E-state index < -0.39 is 5.54 Å². The number of nitrogens with zero attached hydrogens (tertiary/aromatic N) is 1. The van der Waals surface area contributed by atoms with Gasteiger partial charge in [0, 0.05) is 19.2 Å². The summed E-state index contributed by atoms with van der Waals surface area (Å²) in [5.41, 5.74) is 1.32. The smallest absolute Gasteiger partial charge is 0.316 e. The molecule has 3 heterocycles. The quantitative estimate of drug-likeness (QED) is 0.768. The van der Waals surface area contributed by atoms with E-state index in [1.807, 2.05) is 38.1 Å². The van der Waals surface area contributed by atoms with Gasteiger partial charge in [0.1, 0.15) is 0 Å². The first-order valence-electron chi connectivity index (χ1n) is 10.3. The lowest BCUT2D eigenvalue weighted by molar-refractivity contribution is 0.0101. The van der Waals surface area contributed by atoms with Crippen LogP contribution in [0, 0.1) is 17.8 Å². The van der Waals surface area contributed by atoms with Gasteiger partial charge in [-0.15, -0.1) is 0 Å². The summed E-state index contributed by atoms with van der Waals surface area (Å²) in [5.74, 6) is 6.94. The number of urea groups is 1. The molecule has 4 rings (SSSR count). The van der Waals surface area contributed by atoms with E-state index in [-0.39, 0.29) is 11.6 Å². The molecule has 0 saturated carbocycles. The second-order valence-electron chi connectivity index (χ2n) is 8.64. The molecule has 3 saturated heterocycles. The Hall–Kier alpha value is -2.03. The number of carbonyl (C=O) groups is 1. The summed E-state index contributed by atoms with van der Waals surface area (Å²) in [4.78, 5) is 15.2. The number of hydrogen-bond donors (Lipinski definition) is 2. The van der Waals surface area contributed by atoms with Crippen LogP contribution in [0.1, 0.15) is 51.2 Å². The van der Waals surface area contributed by atoms with Gasteiger partial charge in [-0.3, -0.25) is 0 Å². The second kappa shape index (κ2) is 8.55. The highest BCUT2D eigenvalue weighted by molar-refractivity contribution is 5.76. The highest BCUT2D eigenvalue weighted by Crippen LogP contribution is 2.37. The molecule has 28 heavy (non-hydrogen) atoms. The van der Waals surface area contributed by atoms with E-state index in [9.17, 15) is 4.79 Å². The maximum absolute atomic E-state index is 12.8. The molecule has 0 spiro atoms. The summed E-state index contributed by atoms with van der Waals surface area (Å²) in [6.45, 7) is 9.94. The molecule has 3 fully saturated rings. The summed E-state index contributed by atoms with van der Waals surface area (Å²) >= 11 is 0. The number of fused-ring (bicyclic) bond motifs is 3. The number of hydrogen-bond acceptors (Lipinski definition) is 3. The van der Waals surface area contributed by atoms with Crippen molar-refractivity contribution in [1.82, 2.24) is 15.5 Å².